The zero-order valence-electron chi connectivity index (χ0n) is 9.64. The number of hydrogen-bond donors (Lipinski definition) is 1. The Morgan fingerprint density at radius 1 is 1.41 bits per heavy atom. The number of thioether (sulfide) groups is 1. The van der Waals surface area contributed by atoms with Crippen LogP contribution in [0.3, 0.4) is 0 Å². The smallest absolute Gasteiger partial charge is 0.412 e. The Morgan fingerprint density at radius 3 is 2.76 bits per heavy atom. The number of alkyl carbamates (subject to hydrolysis) is 1. The van der Waals surface area contributed by atoms with Crippen LogP contribution in [-0.2, 0) is 4.74 Å². The molecule has 0 spiro atoms. The van der Waals surface area contributed by atoms with E-state index in [0.717, 1.165) is 17.7 Å². The van der Waals surface area contributed by atoms with Crippen LogP contribution in [0.2, 0.25) is 0 Å². The quantitative estimate of drug-likeness (QED) is 0.515. The molecule has 0 bridgehead atoms. The van der Waals surface area contributed by atoms with Crippen LogP contribution < -0.4 is 5.32 Å². The van der Waals surface area contributed by atoms with Crippen LogP contribution in [0.25, 0.3) is 0 Å². The molecule has 0 heterocycles. The molecule has 0 saturated carbocycles. The van der Waals surface area contributed by atoms with Crippen LogP contribution >= 0.6 is 24.0 Å². The minimum absolute atomic E-state index is 0.401. The summed E-state index contributed by atoms with van der Waals surface area (Å²) in [6.07, 6.45) is 1.38. The summed E-state index contributed by atoms with van der Waals surface area (Å²) in [6, 6.07) is 9.64. The number of ether oxygens (including phenoxy) is 1. The molecule has 3 nitrogen and oxygen atoms in total. The summed E-state index contributed by atoms with van der Waals surface area (Å²) >= 11 is 6.37. The van der Waals surface area contributed by atoms with Gasteiger partial charge in [0, 0.05) is 4.90 Å². The molecule has 0 saturated heterocycles. The van der Waals surface area contributed by atoms with Gasteiger partial charge >= 0.3 is 6.09 Å². The molecule has 5 heteroatoms. The monoisotopic (exact) mass is 269 g/mol. The number of rotatable bonds is 4. The molecule has 1 aromatic rings. The molecular formula is C12H15NO2S2. The molecule has 0 fully saturated rings. The lowest BCUT2D eigenvalue weighted by Crippen LogP contribution is -2.27. The highest BCUT2D eigenvalue weighted by atomic mass is 32.2. The first-order chi connectivity index (χ1) is 8.22. The van der Waals surface area contributed by atoms with E-state index < -0.39 is 6.09 Å². The van der Waals surface area contributed by atoms with Crippen LogP contribution in [-0.4, -0.2) is 17.0 Å². The Balaban J connectivity index is 2.27. The molecule has 1 amide bonds. The summed E-state index contributed by atoms with van der Waals surface area (Å²) in [5.41, 5.74) is 0. The Bertz CT molecular complexity index is 368. The summed E-state index contributed by atoms with van der Waals surface area (Å²) in [6.45, 7) is 2.47. The van der Waals surface area contributed by atoms with Gasteiger partial charge in [0.2, 0.25) is 0 Å². The van der Waals surface area contributed by atoms with Crippen molar-refractivity contribution in [2.24, 2.45) is 0 Å². The average molecular weight is 269 g/mol. The molecule has 0 radical (unpaired) electrons. The lowest BCUT2D eigenvalue weighted by atomic mass is 10.4. The second kappa shape index (κ2) is 8.08. The fourth-order valence-corrected chi connectivity index (χ4v) is 2.06. The van der Waals surface area contributed by atoms with Gasteiger partial charge in [0.05, 0.1) is 6.61 Å². The molecule has 92 valence electrons. The van der Waals surface area contributed by atoms with E-state index in [1.165, 1.54) is 11.8 Å². The van der Waals surface area contributed by atoms with Crippen LogP contribution in [0.4, 0.5) is 4.79 Å². The lowest BCUT2D eigenvalue weighted by molar-refractivity contribution is 0.150. The van der Waals surface area contributed by atoms with E-state index in [2.05, 4.69) is 5.32 Å². The van der Waals surface area contributed by atoms with Gasteiger partial charge in [-0.05, 0) is 18.6 Å². The van der Waals surface area contributed by atoms with Crippen molar-refractivity contribution in [3.8, 4) is 0 Å². The Hall–Kier alpha value is -1.07. The van der Waals surface area contributed by atoms with Gasteiger partial charge in [0.1, 0.15) is 4.32 Å². The number of amides is 1. The maximum absolute atomic E-state index is 11.3. The van der Waals surface area contributed by atoms with E-state index >= 15 is 0 Å². The number of carbonyl (C=O) groups excluding carboxylic acids is 1. The molecule has 0 atom stereocenters. The number of carbonyl (C=O) groups is 1. The van der Waals surface area contributed by atoms with Gasteiger partial charge in [0.25, 0.3) is 0 Å². The third-order valence-electron chi connectivity index (χ3n) is 1.89. The third-order valence-corrected chi connectivity index (χ3v) is 3.04. The van der Waals surface area contributed by atoms with Gasteiger partial charge in [-0.25, -0.2) is 4.79 Å². The number of thiocarbonyl (C=S) groups is 1. The highest BCUT2D eigenvalue weighted by Crippen LogP contribution is 2.17. The minimum Gasteiger partial charge on any atom is -0.449 e. The largest absolute Gasteiger partial charge is 0.449 e. The van der Waals surface area contributed by atoms with Crippen LogP contribution in [0, 0.1) is 0 Å². The fraction of sp³-hybridized carbons (Fsp3) is 0.333. The molecule has 1 N–H and O–H groups in total. The number of nitrogens with one attached hydrogen (secondary N) is 1. The van der Waals surface area contributed by atoms with Crippen LogP contribution in [0.5, 0.6) is 0 Å². The first kappa shape index (κ1) is 14.0. The average Bonchev–Trinajstić information content (AvgIpc) is 2.30. The zero-order valence-corrected chi connectivity index (χ0v) is 11.3. The Kier molecular flexibility index (Phi) is 6.65. The number of unbranched alkanes of at least 4 members (excludes halogenated alkanes) is 1. The number of hydrogen-bond acceptors (Lipinski definition) is 4. The van der Waals surface area contributed by atoms with Gasteiger partial charge in [-0.1, -0.05) is 55.5 Å². The van der Waals surface area contributed by atoms with Crippen molar-refractivity contribution in [1.82, 2.24) is 5.32 Å². The Labute approximate surface area is 111 Å². The van der Waals surface area contributed by atoms with Crippen molar-refractivity contribution in [2.45, 2.75) is 24.7 Å². The topological polar surface area (TPSA) is 38.3 Å². The van der Waals surface area contributed by atoms with E-state index in [4.69, 9.17) is 17.0 Å². The molecule has 1 rings (SSSR count). The predicted molar refractivity (Wildman–Crippen MR) is 74.3 cm³/mol. The standard InChI is InChI=1S/C12H15NO2S2/c1-2-3-9-15-11(14)13-12(16)17-10-7-5-4-6-8-10/h4-8H,2-3,9H2,1H3,(H,13,14,16). The lowest BCUT2D eigenvalue weighted by Gasteiger charge is -2.06. The highest BCUT2D eigenvalue weighted by molar-refractivity contribution is 8.23. The summed E-state index contributed by atoms with van der Waals surface area (Å²) in [4.78, 5) is 12.3. The van der Waals surface area contributed by atoms with Gasteiger partial charge in [0.15, 0.2) is 0 Å². The van der Waals surface area contributed by atoms with E-state index in [1.54, 1.807) is 0 Å². The molecule has 1 aromatic carbocycles. The van der Waals surface area contributed by atoms with Gasteiger partial charge in [-0.3, -0.25) is 5.32 Å². The summed E-state index contributed by atoms with van der Waals surface area (Å²) in [7, 11) is 0. The third kappa shape index (κ3) is 6.28. The molecule has 0 aromatic heterocycles. The summed E-state index contributed by atoms with van der Waals surface area (Å²) < 4.78 is 5.34. The normalized spacial score (nSPS) is 9.71. The molecule has 0 aliphatic heterocycles. The first-order valence-electron chi connectivity index (χ1n) is 5.43. The Morgan fingerprint density at radius 2 is 2.12 bits per heavy atom. The van der Waals surface area contributed by atoms with E-state index in [1.807, 2.05) is 37.3 Å². The SMILES string of the molecule is CCCCOC(=O)NC(=S)Sc1ccccc1. The van der Waals surface area contributed by atoms with Gasteiger partial charge in [-0.15, -0.1) is 0 Å². The van der Waals surface area contributed by atoms with Crippen molar-refractivity contribution in [1.29, 1.82) is 0 Å². The highest BCUT2D eigenvalue weighted by Gasteiger charge is 2.06. The van der Waals surface area contributed by atoms with Crippen molar-refractivity contribution >= 4 is 34.4 Å². The molecule has 0 aliphatic carbocycles. The van der Waals surface area contributed by atoms with Gasteiger partial charge < -0.3 is 4.74 Å². The maximum atomic E-state index is 11.3. The summed E-state index contributed by atoms with van der Waals surface area (Å²) in [5, 5.41) is 2.52. The molecular weight excluding hydrogens is 254 g/mol. The molecule has 0 aliphatic rings. The maximum Gasteiger partial charge on any atom is 0.412 e. The zero-order chi connectivity index (χ0) is 12.5. The fourth-order valence-electron chi connectivity index (χ4n) is 1.05. The first-order valence-corrected chi connectivity index (χ1v) is 6.65. The van der Waals surface area contributed by atoms with E-state index in [9.17, 15) is 4.79 Å². The second-order valence-electron chi connectivity index (χ2n) is 3.32. The molecule has 17 heavy (non-hydrogen) atoms. The number of benzene rings is 1. The minimum atomic E-state index is -0.480. The van der Waals surface area contributed by atoms with E-state index in [-0.39, 0.29) is 0 Å². The molecule has 0 unspecified atom stereocenters. The van der Waals surface area contributed by atoms with Crippen molar-refractivity contribution < 1.29 is 9.53 Å². The van der Waals surface area contributed by atoms with Crippen molar-refractivity contribution in [3.63, 3.8) is 0 Å². The van der Waals surface area contributed by atoms with Gasteiger partial charge in [-0.2, -0.15) is 0 Å². The van der Waals surface area contributed by atoms with Crippen LogP contribution in [0.1, 0.15) is 19.8 Å². The predicted octanol–water partition coefficient (Wildman–Crippen LogP) is 3.59. The summed E-state index contributed by atoms with van der Waals surface area (Å²) in [5.74, 6) is 0. The van der Waals surface area contributed by atoms with Crippen molar-refractivity contribution in [3.05, 3.63) is 30.3 Å². The second-order valence-corrected chi connectivity index (χ2v) is 5.07. The van der Waals surface area contributed by atoms with Crippen LogP contribution in [0.15, 0.2) is 35.2 Å². The van der Waals surface area contributed by atoms with E-state index in [0.29, 0.717) is 10.9 Å². The van der Waals surface area contributed by atoms with Crippen molar-refractivity contribution in [2.75, 3.05) is 6.61 Å².